The molecule has 0 spiro atoms. The van der Waals surface area contributed by atoms with Crippen LogP contribution in [0.25, 0.3) is 22.1 Å². The number of thioether (sulfide) groups is 1. The first kappa shape index (κ1) is 18.6. The highest BCUT2D eigenvalue weighted by Crippen LogP contribution is 2.32. The summed E-state index contributed by atoms with van der Waals surface area (Å²) >= 11 is 2.63. The number of furan rings is 1. The Labute approximate surface area is 168 Å². The summed E-state index contributed by atoms with van der Waals surface area (Å²) in [5.41, 5.74) is 1.97. The summed E-state index contributed by atoms with van der Waals surface area (Å²) in [4.78, 5) is 34.4. The highest BCUT2D eigenvalue weighted by molar-refractivity contribution is 8.00. The van der Waals surface area contributed by atoms with Crippen LogP contribution < -0.4 is 0 Å². The monoisotopic (exact) mass is 412 g/mol. The number of fused-ring (bicyclic) bond motifs is 3. The zero-order valence-corrected chi connectivity index (χ0v) is 16.6. The smallest absolute Gasteiger partial charge is 0.316 e. The molecule has 0 aliphatic rings. The molecule has 4 rings (SSSR count). The van der Waals surface area contributed by atoms with E-state index in [0.29, 0.717) is 21.0 Å². The Bertz CT molecular complexity index is 1170. The molecule has 0 amide bonds. The van der Waals surface area contributed by atoms with Gasteiger partial charge in [-0.05, 0) is 30.7 Å². The molecule has 1 aromatic carbocycles. The van der Waals surface area contributed by atoms with Crippen LogP contribution in [0.4, 0.5) is 0 Å². The molecular weight excluding hydrogens is 396 g/mol. The second kappa shape index (κ2) is 8.12. The lowest BCUT2D eigenvalue weighted by Crippen LogP contribution is -2.14. The van der Waals surface area contributed by atoms with Crippen molar-refractivity contribution in [3.63, 3.8) is 0 Å². The molecule has 8 heteroatoms. The average Bonchev–Trinajstić information content (AvgIpc) is 3.35. The summed E-state index contributed by atoms with van der Waals surface area (Å²) in [5.74, 6) is -0.639. The number of aromatic nitrogens is 2. The first-order chi connectivity index (χ1) is 13.7. The Balaban J connectivity index is 1.39. The fraction of sp³-hybridized carbons (Fsp3) is 0.200. The lowest BCUT2D eigenvalue weighted by atomic mass is 10.2. The third-order valence-electron chi connectivity index (χ3n) is 4.10. The van der Waals surface area contributed by atoms with Gasteiger partial charge in [-0.3, -0.25) is 9.59 Å². The van der Waals surface area contributed by atoms with Crippen LogP contribution in [0, 0.1) is 0 Å². The maximum Gasteiger partial charge on any atom is 0.316 e. The Morgan fingerprint density at radius 3 is 2.86 bits per heavy atom. The molecule has 4 aromatic rings. The lowest BCUT2D eigenvalue weighted by molar-refractivity contribution is -0.139. The quantitative estimate of drug-likeness (QED) is 0.191. The fourth-order valence-corrected chi connectivity index (χ4v) is 4.31. The van der Waals surface area contributed by atoms with Crippen molar-refractivity contribution in [2.24, 2.45) is 0 Å². The predicted molar refractivity (Wildman–Crippen MR) is 109 cm³/mol. The SMILES string of the molecule is CCc1ccc(C(=O)COC(=O)CSc2ncnc3c2oc2ccccc23)s1. The van der Waals surface area contributed by atoms with E-state index < -0.39 is 5.97 Å². The van der Waals surface area contributed by atoms with Crippen molar-refractivity contribution in [3.05, 3.63) is 52.5 Å². The van der Waals surface area contributed by atoms with Crippen molar-refractivity contribution in [3.8, 4) is 0 Å². The zero-order valence-electron chi connectivity index (χ0n) is 15.0. The van der Waals surface area contributed by atoms with Gasteiger partial charge in [0, 0.05) is 10.3 Å². The lowest BCUT2D eigenvalue weighted by Gasteiger charge is -2.03. The molecule has 28 heavy (non-hydrogen) atoms. The average molecular weight is 412 g/mol. The fourth-order valence-electron chi connectivity index (χ4n) is 2.71. The van der Waals surface area contributed by atoms with E-state index in [-0.39, 0.29) is 18.1 Å². The van der Waals surface area contributed by atoms with Crippen LogP contribution in [-0.4, -0.2) is 34.1 Å². The second-order valence-corrected chi connectivity index (χ2v) is 8.08. The summed E-state index contributed by atoms with van der Waals surface area (Å²) in [6.07, 6.45) is 2.33. The molecule has 0 radical (unpaired) electrons. The van der Waals surface area contributed by atoms with Crippen LogP contribution in [0.1, 0.15) is 21.5 Å². The number of nitrogens with zero attached hydrogens (tertiary/aromatic N) is 2. The molecule has 0 bridgehead atoms. The number of carbonyl (C=O) groups excluding carboxylic acids is 2. The maximum atomic E-state index is 12.1. The third kappa shape index (κ3) is 3.79. The highest BCUT2D eigenvalue weighted by Gasteiger charge is 2.16. The molecule has 3 aromatic heterocycles. The van der Waals surface area contributed by atoms with Crippen molar-refractivity contribution in [1.82, 2.24) is 9.97 Å². The normalized spacial score (nSPS) is 11.2. The number of ether oxygens (including phenoxy) is 1. The van der Waals surface area contributed by atoms with Crippen molar-refractivity contribution in [2.45, 2.75) is 18.4 Å². The van der Waals surface area contributed by atoms with Gasteiger partial charge in [0.25, 0.3) is 0 Å². The largest absolute Gasteiger partial charge is 0.457 e. The predicted octanol–water partition coefficient (Wildman–Crippen LogP) is 4.52. The van der Waals surface area contributed by atoms with Gasteiger partial charge in [-0.2, -0.15) is 0 Å². The molecule has 0 atom stereocenters. The molecular formula is C20H16N2O4S2. The Morgan fingerprint density at radius 2 is 2.04 bits per heavy atom. The summed E-state index contributed by atoms with van der Waals surface area (Å²) < 4.78 is 11.0. The molecule has 142 valence electrons. The number of esters is 1. The van der Waals surface area contributed by atoms with Crippen molar-refractivity contribution in [2.75, 3.05) is 12.4 Å². The van der Waals surface area contributed by atoms with Gasteiger partial charge >= 0.3 is 5.97 Å². The first-order valence-electron chi connectivity index (χ1n) is 8.68. The standard InChI is InChI=1S/C20H16N2O4S2/c1-2-12-7-8-16(28-12)14(23)9-25-17(24)10-27-20-19-18(21-11-22-20)13-5-3-4-6-15(13)26-19/h3-8,11H,2,9-10H2,1H3. The van der Waals surface area contributed by atoms with Gasteiger partial charge < -0.3 is 9.15 Å². The minimum atomic E-state index is -0.478. The van der Waals surface area contributed by atoms with E-state index in [2.05, 4.69) is 9.97 Å². The van der Waals surface area contributed by atoms with Crippen LogP contribution in [0.5, 0.6) is 0 Å². The van der Waals surface area contributed by atoms with Gasteiger partial charge in [-0.25, -0.2) is 9.97 Å². The minimum absolute atomic E-state index is 0.0289. The van der Waals surface area contributed by atoms with Gasteiger partial charge in [0.05, 0.1) is 10.6 Å². The molecule has 0 saturated heterocycles. The van der Waals surface area contributed by atoms with Crippen LogP contribution in [0.15, 0.2) is 52.2 Å². The highest BCUT2D eigenvalue weighted by atomic mass is 32.2. The van der Waals surface area contributed by atoms with Gasteiger partial charge in [0.15, 0.2) is 12.2 Å². The van der Waals surface area contributed by atoms with Gasteiger partial charge in [-0.15, -0.1) is 11.3 Å². The molecule has 6 nitrogen and oxygen atoms in total. The van der Waals surface area contributed by atoms with E-state index in [9.17, 15) is 9.59 Å². The van der Waals surface area contributed by atoms with Gasteiger partial charge in [0.1, 0.15) is 22.5 Å². The summed E-state index contributed by atoms with van der Waals surface area (Å²) in [7, 11) is 0. The second-order valence-electron chi connectivity index (χ2n) is 5.95. The molecule has 0 aliphatic heterocycles. The summed E-state index contributed by atoms with van der Waals surface area (Å²) in [5, 5.41) is 1.47. The number of hydrogen-bond donors (Lipinski definition) is 0. The minimum Gasteiger partial charge on any atom is -0.457 e. The van der Waals surface area contributed by atoms with E-state index in [1.165, 1.54) is 29.4 Å². The number of thiophene rings is 1. The van der Waals surface area contributed by atoms with Gasteiger partial charge in [0.2, 0.25) is 5.78 Å². The molecule has 0 saturated carbocycles. The van der Waals surface area contributed by atoms with Crippen LogP contribution in [0.3, 0.4) is 0 Å². The summed E-state index contributed by atoms with van der Waals surface area (Å²) in [6, 6.07) is 11.3. The number of hydrogen-bond acceptors (Lipinski definition) is 8. The van der Waals surface area contributed by atoms with E-state index >= 15 is 0 Å². The number of rotatable bonds is 7. The molecule has 0 unspecified atom stereocenters. The van der Waals surface area contributed by atoms with Gasteiger partial charge in [-0.1, -0.05) is 30.8 Å². The van der Waals surface area contributed by atoms with Crippen LogP contribution >= 0.6 is 23.1 Å². The number of aryl methyl sites for hydroxylation is 1. The Kier molecular flexibility index (Phi) is 5.40. The number of ketones is 1. The molecule has 3 heterocycles. The number of para-hydroxylation sites is 1. The number of benzene rings is 1. The summed E-state index contributed by atoms with van der Waals surface area (Å²) in [6.45, 7) is 1.77. The van der Waals surface area contributed by atoms with E-state index in [1.54, 1.807) is 6.07 Å². The Hall–Kier alpha value is -2.71. The van der Waals surface area contributed by atoms with Crippen molar-refractivity contribution in [1.29, 1.82) is 0 Å². The Morgan fingerprint density at radius 1 is 1.18 bits per heavy atom. The van der Waals surface area contributed by atoms with E-state index in [4.69, 9.17) is 9.15 Å². The van der Waals surface area contributed by atoms with Crippen molar-refractivity contribution >= 4 is 56.9 Å². The zero-order chi connectivity index (χ0) is 19.5. The molecule has 0 N–H and O–H groups in total. The van der Waals surface area contributed by atoms with E-state index in [1.807, 2.05) is 37.3 Å². The molecule has 0 aliphatic carbocycles. The molecule has 0 fully saturated rings. The van der Waals surface area contributed by atoms with Crippen LogP contribution in [-0.2, 0) is 16.0 Å². The number of Topliss-reactive ketones (excluding diaryl/α,β-unsaturated/α-hetero) is 1. The third-order valence-corrected chi connectivity index (χ3v) is 6.32. The number of carbonyl (C=O) groups is 2. The van der Waals surface area contributed by atoms with Crippen molar-refractivity contribution < 1.29 is 18.7 Å². The maximum absolute atomic E-state index is 12.1. The van der Waals surface area contributed by atoms with Crippen LogP contribution in [0.2, 0.25) is 0 Å². The topological polar surface area (TPSA) is 82.3 Å². The van der Waals surface area contributed by atoms with E-state index in [0.717, 1.165) is 22.3 Å². The first-order valence-corrected chi connectivity index (χ1v) is 10.5.